The fraction of sp³-hybridized carbons (Fsp3) is 0.318. The molecule has 1 amide bonds. The Labute approximate surface area is 198 Å². The van der Waals surface area contributed by atoms with Gasteiger partial charge < -0.3 is 28.7 Å². The van der Waals surface area contributed by atoms with Crippen LogP contribution in [0.4, 0.5) is 5.69 Å². The number of anilines is 1. The topological polar surface area (TPSA) is 105 Å². The molecule has 3 rings (SSSR count). The lowest BCUT2D eigenvalue weighted by Crippen LogP contribution is -2.38. The summed E-state index contributed by atoms with van der Waals surface area (Å²) in [5.41, 5.74) is 0.993. The van der Waals surface area contributed by atoms with Gasteiger partial charge in [-0.05, 0) is 35.9 Å². The molecule has 0 aliphatic rings. The lowest BCUT2D eigenvalue weighted by molar-refractivity contribution is 0.0990. The molecule has 3 aromatic rings. The zero-order valence-electron chi connectivity index (χ0n) is 19.5. The number of ether oxygens (including phenoxy) is 4. The highest BCUT2D eigenvalue weighted by Gasteiger charge is 2.24. The maximum Gasteiger partial charge on any atom is 0.322 e. The van der Waals surface area contributed by atoms with Gasteiger partial charge >= 0.3 is 6.01 Å². The Hall–Kier alpha value is -3.24. The molecule has 0 saturated heterocycles. The average Bonchev–Trinajstić information content (AvgIpc) is 3.23. The summed E-state index contributed by atoms with van der Waals surface area (Å²) in [5.74, 6) is 0.381. The van der Waals surface area contributed by atoms with E-state index in [-0.39, 0.29) is 35.2 Å². The van der Waals surface area contributed by atoms with Gasteiger partial charge in [0.15, 0.2) is 11.4 Å². The van der Waals surface area contributed by atoms with Crippen LogP contribution in [0.15, 0.2) is 28.7 Å². The quantitative estimate of drug-likeness (QED) is 0.454. The Morgan fingerprint density at radius 3 is 2.21 bits per heavy atom. The van der Waals surface area contributed by atoms with E-state index in [1.807, 2.05) is 19.1 Å². The Balaban J connectivity index is 1.84. The number of methoxy groups -OCH3 is 3. The first kappa shape index (κ1) is 24.4. The third-order valence-corrected chi connectivity index (χ3v) is 7.22. The van der Waals surface area contributed by atoms with Gasteiger partial charge in [-0.25, -0.2) is 0 Å². The van der Waals surface area contributed by atoms with Gasteiger partial charge in [0.05, 0.1) is 29.4 Å². The second-order valence-corrected chi connectivity index (χ2v) is 13.6. The molecule has 0 fully saturated rings. The normalized spacial score (nSPS) is 11.2. The molecule has 9 nitrogen and oxygen atoms in total. The molecule has 0 radical (unpaired) electrons. The molecule has 0 unspecified atom stereocenters. The number of halogens is 1. The summed E-state index contributed by atoms with van der Waals surface area (Å²) in [6.45, 7) is 8.50. The third kappa shape index (κ3) is 5.40. The standard InChI is InChI=1S/C22H26ClN3O6Si/c1-12-10-13(23)16(33(5,6)7)11-15(12)32-17-9-8-14(31-17)19(27)24-18-20(28-2)25-22(30-4)26-21(18)29-3/h8-11H,1-7H3,(H,24,27). The summed E-state index contributed by atoms with van der Waals surface area (Å²) in [6.07, 6.45) is 0. The van der Waals surface area contributed by atoms with Crippen LogP contribution in [0.5, 0.6) is 29.5 Å². The number of hydrogen-bond acceptors (Lipinski definition) is 8. The van der Waals surface area contributed by atoms with E-state index in [0.29, 0.717) is 5.75 Å². The minimum absolute atomic E-state index is 0.0157. The van der Waals surface area contributed by atoms with Gasteiger partial charge in [0.1, 0.15) is 5.75 Å². The highest BCUT2D eigenvalue weighted by molar-refractivity contribution is 6.90. The predicted octanol–water partition coefficient (Wildman–Crippen LogP) is 4.65. The van der Waals surface area contributed by atoms with Crippen LogP contribution in [0.2, 0.25) is 24.7 Å². The van der Waals surface area contributed by atoms with Crippen molar-refractivity contribution in [1.82, 2.24) is 9.97 Å². The van der Waals surface area contributed by atoms with Crippen molar-refractivity contribution in [2.45, 2.75) is 26.6 Å². The molecule has 11 heteroatoms. The number of aromatic nitrogens is 2. The first-order valence-corrected chi connectivity index (χ1v) is 13.9. The van der Waals surface area contributed by atoms with Gasteiger partial charge in [-0.15, -0.1) is 0 Å². The molecule has 176 valence electrons. The molecular formula is C22H26ClN3O6Si. The number of benzene rings is 1. The first-order chi connectivity index (χ1) is 15.6. The number of carbonyl (C=O) groups is 1. The van der Waals surface area contributed by atoms with Crippen molar-refractivity contribution in [3.05, 3.63) is 40.6 Å². The van der Waals surface area contributed by atoms with E-state index in [1.54, 1.807) is 6.07 Å². The lowest BCUT2D eigenvalue weighted by atomic mass is 10.2. The molecule has 0 aliphatic carbocycles. The number of carbonyl (C=O) groups excluding carboxylic acids is 1. The molecule has 33 heavy (non-hydrogen) atoms. The van der Waals surface area contributed by atoms with Crippen LogP contribution >= 0.6 is 11.6 Å². The van der Waals surface area contributed by atoms with Gasteiger partial charge in [-0.3, -0.25) is 4.79 Å². The van der Waals surface area contributed by atoms with Gasteiger partial charge in [0.2, 0.25) is 11.8 Å². The van der Waals surface area contributed by atoms with Crippen molar-refractivity contribution in [3.63, 3.8) is 0 Å². The first-order valence-electron chi connectivity index (χ1n) is 10.0. The van der Waals surface area contributed by atoms with E-state index < -0.39 is 14.0 Å². The van der Waals surface area contributed by atoms with Crippen LogP contribution in [-0.4, -0.2) is 45.3 Å². The van der Waals surface area contributed by atoms with Crippen LogP contribution in [0.1, 0.15) is 16.1 Å². The molecule has 1 N–H and O–H groups in total. The van der Waals surface area contributed by atoms with Crippen molar-refractivity contribution in [1.29, 1.82) is 0 Å². The van der Waals surface area contributed by atoms with E-state index in [9.17, 15) is 4.79 Å². The minimum Gasteiger partial charge on any atom is -0.479 e. The van der Waals surface area contributed by atoms with E-state index in [2.05, 4.69) is 34.9 Å². The lowest BCUT2D eigenvalue weighted by Gasteiger charge is -2.20. The number of nitrogens with zero attached hydrogens (tertiary/aromatic N) is 2. The molecule has 2 aromatic heterocycles. The van der Waals surface area contributed by atoms with Gasteiger partial charge in [-0.1, -0.05) is 31.2 Å². The summed E-state index contributed by atoms with van der Waals surface area (Å²) in [5, 5.41) is 4.44. The van der Waals surface area contributed by atoms with Crippen LogP contribution in [0.25, 0.3) is 0 Å². The van der Waals surface area contributed by atoms with Crippen LogP contribution < -0.4 is 29.5 Å². The predicted molar refractivity (Wildman–Crippen MR) is 128 cm³/mol. The van der Waals surface area contributed by atoms with E-state index in [4.69, 9.17) is 35.0 Å². The largest absolute Gasteiger partial charge is 0.479 e. The molecule has 2 heterocycles. The molecule has 0 spiro atoms. The Morgan fingerprint density at radius 1 is 1.03 bits per heavy atom. The van der Waals surface area contributed by atoms with Gasteiger partial charge in [0.25, 0.3) is 11.9 Å². The highest BCUT2D eigenvalue weighted by atomic mass is 35.5. The summed E-state index contributed by atoms with van der Waals surface area (Å²) in [7, 11) is 2.53. The third-order valence-electron chi connectivity index (χ3n) is 4.72. The molecule has 1 aromatic carbocycles. The second-order valence-electron chi connectivity index (χ2n) is 8.13. The van der Waals surface area contributed by atoms with Crippen LogP contribution in [0.3, 0.4) is 0 Å². The smallest absolute Gasteiger partial charge is 0.322 e. The molecule has 0 saturated carbocycles. The number of aryl methyl sites for hydroxylation is 1. The SMILES string of the molecule is COc1nc(OC)c(NC(=O)c2ccc(Oc3cc([Si](C)(C)C)c(Cl)cc3C)o2)c(OC)n1. The van der Waals surface area contributed by atoms with Crippen molar-refractivity contribution in [2.75, 3.05) is 26.6 Å². The van der Waals surface area contributed by atoms with Crippen molar-refractivity contribution >= 4 is 36.5 Å². The average molecular weight is 492 g/mol. The fourth-order valence-electron chi connectivity index (χ4n) is 3.01. The zero-order chi connectivity index (χ0) is 24.3. The molecule has 0 bridgehead atoms. The maximum absolute atomic E-state index is 12.8. The molecular weight excluding hydrogens is 466 g/mol. The van der Waals surface area contributed by atoms with E-state index >= 15 is 0 Å². The Bertz CT molecular complexity index is 1150. The Morgan fingerprint density at radius 2 is 1.67 bits per heavy atom. The number of furan rings is 1. The van der Waals surface area contributed by atoms with Crippen molar-refractivity contribution in [3.8, 4) is 29.5 Å². The van der Waals surface area contributed by atoms with E-state index in [0.717, 1.165) is 15.8 Å². The fourth-order valence-corrected chi connectivity index (χ4v) is 5.44. The molecule has 0 atom stereocenters. The van der Waals surface area contributed by atoms with Crippen molar-refractivity contribution < 1.29 is 28.2 Å². The van der Waals surface area contributed by atoms with Gasteiger partial charge in [0, 0.05) is 11.1 Å². The molecule has 0 aliphatic heterocycles. The van der Waals surface area contributed by atoms with E-state index in [1.165, 1.54) is 27.4 Å². The second kappa shape index (κ2) is 9.71. The number of rotatable bonds is 8. The summed E-state index contributed by atoms with van der Waals surface area (Å²) < 4.78 is 27.0. The maximum atomic E-state index is 12.8. The Kier molecular flexibility index (Phi) is 7.18. The van der Waals surface area contributed by atoms with Gasteiger partial charge in [-0.2, -0.15) is 9.97 Å². The number of hydrogen-bond donors (Lipinski definition) is 1. The van der Waals surface area contributed by atoms with Crippen LogP contribution in [0, 0.1) is 6.92 Å². The summed E-state index contributed by atoms with van der Waals surface area (Å²) in [4.78, 5) is 20.9. The van der Waals surface area contributed by atoms with Crippen molar-refractivity contribution in [2.24, 2.45) is 0 Å². The summed E-state index contributed by atoms with van der Waals surface area (Å²) in [6, 6.07) is 6.92. The monoisotopic (exact) mass is 491 g/mol. The minimum atomic E-state index is -1.68. The highest BCUT2D eigenvalue weighted by Crippen LogP contribution is 2.34. The summed E-state index contributed by atoms with van der Waals surface area (Å²) >= 11 is 6.44. The van der Waals surface area contributed by atoms with Crippen LogP contribution in [-0.2, 0) is 0 Å². The zero-order valence-corrected chi connectivity index (χ0v) is 21.3. The number of amides is 1. The number of nitrogens with one attached hydrogen (secondary N) is 1.